The summed E-state index contributed by atoms with van der Waals surface area (Å²) in [5.41, 5.74) is 2.84. The summed E-state index contributed by atoms with van der Waals surface area (Å²) in [6.45, 7) is 1.74. The summed E-state index contributed by atoms with van der Waals surface area (Å²) in [6, 6.07) is 16.6. The Labute approximate surface area is 180 Å². The standard InChI is InChI=1S/C24H25N3O4/c1-17(29)26-15-21(30)14-18-7-9-19(10-8-18)16-27(12-13-28)24(31)22-6-2-4-20-5-3-11-25-23(20)22/h2-11,28H,12-16H2,1H3,(H,26,29). The molecule has 0 saturated carbocycles. The van der Waals surface area contributed by atoms with E-state index in [1.807, 2.05) is 48.5 Å². The second-order valence-electron chi connectivity index (χ2n) is 7.27. The fourth-order valence-electron chi connectivity index (χ4n) is 3.32. The van der Waals surface area contributed by atoms with E-state index in [4.69, 9.17) is 0 Å². The number of pyridine rings is 1. The van der Waals surface area contributed by atoms with Gasteiger partial charge in [0.05, 0.1) is 24.2 Å². The van der Waals surface area contributed by atoms with Crippen LogP contribution in [0.25, 0.3) is 10.9 Å². The molecule has 0 bridgehead atoms. The monoisotopic (exact) mass is 419 g/mol. The molecule has 160 valence electrons. The molecule has 1 aromatic heterocycles. The molecule has 0 aliphatic rings. The second kappa shape index (κ2) is 10.4. The molecule has 0 aliphatic heterocycles. The number of carbonyl (C=O) groups is 3. The van der Waals surface area contributed by atoms with Crippen LogP contribution in [0.3, 0.4) is 0 Å². The Morgan fingerprint density at radius 1 is 1.00 bits per heavy atom. The molecule has 3 aromatic rings. The van der Waals surface area contributed by atoms with Gasteiger partial charge in [0.15, 0.2) is 5.78 Å². The van der Waals surface area contributed by atoms with Gasteiger partial charge < -0.3 is 15.3 Å². The van der Waals surface area contributed by atoms with Gasteiger partial charge in [-0.05, 0) is 23.3 Å². The minimum absolute atomic E-state index is 0.00886. The summed E-state index contributed by atoms with van der Waals surface area (Å²) < 4.78 is 0. The molecule has 0 fully saturated rings. The van der Waals surface area contributed by atoms with E-state index in [-0.39, 0.29) is 43.7 Å². The maximum atomic E-state index is 13.2. The Bertz CT molecular complexity index is 1070. The maximum Gasteiger partial charge on any atom is 0.256 e. The van der Waals surface area contributed by atoms with Crippen LogP contribution >= 0.6 is 0 Å². The highest BCUT2D eigenvalue weighted by Crippen LogP contribution is 2.19. The number of fused-ring (bicyclic) bond motifs is 1. The Balaban J connectivity index is 1.72. The molecule has 0 unspecified atom stereocenters. The van der Waals surface area contributed by atoms with Crippen molar-refractivity contribution < 1.29 is 19.5 Å². The molecule has 2 N–H and O–H groups in total. The van der Waals surface area contributed by atoms with Crippen LogP contribution in [0.1, 0.15) is 28.4 Å². The van der Waals surface area contributed by atoms with Gasteiger partial charge in [-0.3, -0.25) is 19.4 Å². The van der Waals surface area contributed by atoms with Crippen molar-refractivity contribution in [1.29, 1.82) is 0 Å². The van der Waals surface area contributed by atoms with E-state index in [1.54, 1.807) is 17.2 Å². The molecule has 0 spiro atoms. The van der Waals surface area contributed by atoms with Crippen LogP contribution in [-0.4, -0.2) is 52.3 Å². The number of aliphatic hydroxyl groups excluding tert-OH is 1. The number of aliphatic hydroxyl groups is 1. The first-order valence-electron chi connectivity index (χ1n) is 10.1. The lowest BCUT2D eigenvalue weighted by Gasteiger charge is -2.22. The smallest absolute Gasteiger partial charge is 0.256 e. The Hall–Kier alpha value is -3.58. The molecule has 0 radical (unpaired) electrons. The van der Waals surface area contributed by atoms with Gasteiger partial charge in [0, 0.05) is 38.0 Å². The number of rotatable bonds is 9. The summed E-state index contributed by atoms with van der Waals surface area (Å²) in [6.07, 6.45) is 1.88. The highest BCUT2D eigenvalue weighted by atomic mass is 16.3. The Morgan fingerprint density at radius 3 is 2.42 bits per heavy atom. The number of aromatic nitrogens is 1. The van der Waals surface area contributed by atoms with Crippen LogP contribution in [0.2, 0.25) is 0 Å². The van der Waals surface area contributed by atoms with E-state index in [9.17, 15) is 19.5 Å². The summed E-state index contributed by atoms with van der Waals surface area (Å²) >= 11 is 0. The summed E-state index contributed by atoms with van der Waals surface area (Å²) in [5.74, 6) is -0.518. The molecule has 2 aromatic carbocycles. The van der Waals surface area contributed by atoms with E-state index < -0.39 is 0 Å². The quantitative estimate of drug-likeness (QED) is 0.553. The lowest BCUT2D eigenvalue weighted by atomic mass is 10.1. The highest BCUT2D eigenvalue weighted by molar-refractivity contribution is 6.05. The zero-order valence-electron chi connectivity index (χ0n) is 17.4. The number of carbonyl (C=O) groups excluding carboxylic acids is 3. The van der Waals surface area contributed by atoms with Crippen molar-refractivity contribution in [2.75, 3.05) is 19.7 Å². The maximum absolute atomic E-state index is 13.2. The average molecular weight is 419 g/mol. The lowest BCUT2D eigenvalue weighted by Crippen LogP contribution is -2.33. The van der Waals surface area contributed by atoms with E-state index in [2.05, 4.69) is 10.3 Å². The fraction of sp³-hybridized carbons (Fsp3) is 0.250. The predicted molar refractivity (Wildman–Crippen MR) is 117 cm³/mol. The Morgan fingerprint density at radius 2 is 1.71 bits per heavy atom. The molecule has 3 rings (SSSR count). The molecule has 7 nitrogen and oxygen atoms in total. The molecule has 2 amide bonds. The molecule has 0 aliphatic carbocycles. The van der Waals surface area contributed by atoms with Crippen molar-refractivity contribution in [2.24, 2.45) is 0 Å². The minimum atomic E-state index is -0.237. The van der Waals surface area contributed by atoms with Crippen molar-refractivity contribution in [2.45, 2.75) is 19.9 Å². The first-order chi connectivity index (χ1) is 15.0. The molecular weight excluding hydrogens is 394 g/mol. The van der Waals surface area contributed by atoms with Crippen molar-refractivity contribution in [3.63, 3.8) is 0 Å². The van der Waals surface area contributed by atoms with E-state index in [0.717, 1.165) is 16.5 Å². The third-order valence-electron chi connectivity index (χ3n) is 4.85. The largest absolute Gasteiger partial charge is 0.395 e. The number of nitrogens with one attached hydrogen (secondary N) is 1. The zero-order chi connectivity index (χ0) is 22.2. The van der Waals surface area contributed by atoms with Gasteiger partial charge in [-0.15, -0.1) is 0 Å². The number of hydrogen-bond donors (Lipinski definition) is 2. The normalized spacial score (nSPS) is 10.6. The van der Waals surface area contributed by atoms with Crippen LogP contribution in [0.5, 0.6) is 0 Å². The lowest BCUT2D eigenvalue weighted by molar-refractivity contribution is -0.123. The summed E-state index contributed by atoms with van der Waals surface area (Å²) in [5, 5.41) is 12.9. The SMILES string of the molecule is CC(=O)NCC(=O)Cc1ccc(CN(CCO)C(=O)c2cccc3cccnc23)cc1. The van der Waals surface area contributed by atoms with Crippen LogP contribution in [0.15, 0.2) is 60.8 Å². The van der Waals surface area contributed by atoms with Gasteiger partial charge in [0.2, 0.25) is 5.91 Å². The first kappa shape index (κ1) is 22.1. The second-order valence-corrected chi connectivity index (χ2v) is 7.27. The van der Waals surface area contributed by atoms with Crippen molar-refractivity contribution in [3.05, 3.63) is 77.5 Å². The van der Waals surface area contributed by atoms with Gasteiger partial charge in [-0.25, -0.2) is 0 Å². The predicted octanol–water partition coefficient (Wildman–Crippen LogP) is 2.12. The number of Topliss-reactive ketones (excluding diaryl/α,β-unsaturated/α-hetero) is 1. The summed E-state index contributed by atoms with van der Waals surface area (Å²) in [4.78, 5) is 42.0. The molecule has 7 heteroatoms. The topological polar surface area (TPSA) is 99.6 Å². The van der Waals surface area contributed by atoms with Crippen molar-refractivity contribution >= 4 is 28.5 Å². The number of ketones is 1. The molecular formula is C24H25N3O4. The van der Waals surface area contributed by atoms with Crippen LogP contribution in [-0.2, 0) is 22.6 Å². The fourth-order valence-corrected chi connectivity index (χ4v) is 3.32. The van der Waals surface area contributed by atoms with Gasteiger partial charge in [0.1, 0.15) is 0 Å². The van der Waals surface area contributed by atoms with Gasteiger partial charge >= 0.3 is 0 Å². The molecule has 0 saturated heterocycles. The number of nitrogens with zero attached hydrogens (tertiary/aromatic N) is 2. The van der Waals surface area contributed by atoms with E-state index in [0.29, 0.717) is 17.6 Å². The highest BCUT2D eigenvalue weighted by Gasteiger charge is 2.19. The average Bonchev–Trinajstić information content (AvgIpc) is 2.78. The number of amides is 2. The van der Waals surface area contributed by atoms with Crippen molar-refractivity contribution in [1.82, 2.24) is 15.2 Å². The van der Waals surface area contributed by atoms with Crippen LogP contribution < -0.4 is 5.32 Å². The molecule has 31 heavy (non-hydrogen) atoms. The molecule has 1 heterocycles. The third kappa shape index (κ3) is 5.96. The van der Waals surface area contributed by atoms with Gasteiger partial charge in [-0.1, -0.05) is 42.5 Å². The third-order valence-corrected chi connectivity index (χ3v) is 4.85. The van der Waals surface area contributed by atoms with E-state index >= 15 is 0 Å². The van der Waals surface area contributed by atoms with Crippen molar-refractivity contribution in [3.8, 4) is 0 Å². The first-order valence-corrected chi connectivity index (χ1v) is 10.1. The molecule has 0 atom stereocenters. The zero-order valence-corrected chi connectivity index (χ0v) is 17.4. The number of hydrogen-bond acceptors (Lipinski definition) is 5. The minimum Gasteiger partial charge on any atom is -0.395 e. The Kier molecular flexibility index (Phi) is 7.45. The van der Waals surface area contributed by atoms with Crippen LogP contribution in [0.4, 0.5) is 0 Å². The van der Waals surface area contributed by atoms with Crippen LogP contribution in [0, 0.1) is 0 Å². The van der Waals surface area contributed by atoms with Gasteiger partial charge in [-0.2, -0.15) is 0 Å². The number of benzene rings is 2. The van der Waals surface area contributed by atoms with Gasteiger partial charge in [0.25, 0.3) is 5.91 Å². The van der Waals surface area contributed by atoms with E-state index in [1.165, 1.54) is 6.92 Å². The summed E-state index contributed by atoms with van der Waals surface area (Å²) in [7, 11) is 0. The number of para-hydroxylation sites is 1.